The van der Waals surface area contributed by atoms with Gasteiger partial charge in [-0.1, -0.05) is 69.2 Å². The fourth-order valence-electron chi connectivity index (χ4n) is 3.99. The summed E-state index contributed by atoms with van der Waals surface area (Å²) in [6, 6.07) is 15.3. The summed E-state index contributed by atoms with van der Waals surface area (Å²) in [5, 5.41) is 2.65. The van der Waals surface area contributed by atoms with Crippen LogP contribution in [0.4, 0.5) is 0 Å². The van der Waals surface area contributed by atoms with E-state index in [4.69, 9.17) is 5.73 Å². The minimum Gasteiger partial charge on any atom is -0.321 e. The number of fused-ring (bicyclic) bond motifs is 1. The maximum Gasteiger partial charge on any atom is 0.0415 e. The molecule has 1 aliphatic rings. The second-order valence-electron chi connectivity index (χ2n) is 7.12. The van der Waals surface area contributed by atoms with Crippen molar-refractivity contribution in [3.05, 3.63) is 48.0 Å². The predicted molar refractivity (Wildman–Crippen MR) is 91.2 cm³/mol. The highest BCUT2D eigenvalue weighted by Crippen LogP contribution is 2.40. The first-order chi connectivity index (χ1) is 10.1. The van der Waals surface area contributed by atoms with Crippen LogP contribution in [0.5, 0.6) is 0 Å². The van der Waals surface area contributed by atoms with Crippen LogP contribution in [0, 0.1) is 11.8 Å². The minimum atomic E-state index is -0.148. The van der Waals surface area contributed by atoms with Crippen molar-refractivity contribution in [2.24, 2.45) is 17.6 Å². The molecule has 112 valence electrons. The molecule has 0 aromatic heterocycles. The minimum absolute atomic E-state index is 0.148. The van der Waals surface area contributed by atoms with E-state index in [2.05, 4.69) is 56.3 Å². The van der Waals surface area contributed by atoms with Gasteiger partial charge >= 0.3 is 0 Å². The molecule has 0 amide bonds. The van der Waals surface area contributed by atoms with Gasteiger partial charge in [0.25, 0.3) is 0 Å². The van der Waals surface area contributed by atoms with Gasteiger partial charge in [0.1, 0.15) is 0 Å². The summed E-state index contributed by atoms with van der Waals surface area (Å²) in [4.78, 5) is 0. The average Bonchev–Trinajstić information content (AvgIpc) is 2.69. The molecule has 2 aromatic rings. The van der Waals surface area contributed by atoms with Crippen molar-refractivity contribution in [3.8, 4) is 0 Å². The first-order valence-electron chi connectivity index (χ1n) is 8.37. The number of nitrogens with two attached hydrogens (primary N) is 1. The SMILES string of the molecule is CC(C)C1CCCC(N)(c2cccc3ccccc23)CC1. The molecule has 1 aliphatic carbocycles. The van der Waals surface area contributed by atoms with Crippen LogP contribution in [0.15, 0.2) is 42.5 Å². The molecule has 2 unspecified atom stereocenters. The zero-order valence-electron chi connectivity index (χ0n) is 13.3. The van der Waals surface area contributed by atoms with Crippen LogP contribution in [0.2, 0.25) is 0 Å². The lowest BCUT2D eigenvalue weighted by molar-refractivity contribution is 0.326. The molecule has 0 heterocycles. The van der Waals surface area contributed by atoms with Gasteiger partial charge in [-0.15, -0.1) is 0 Å². The third kappa shape index (κ3) is 2.85. The van der Waals surface area contributed by atoms with Gasteiger partial charge in [0.2, 0.25) is 0 Å². The summed E-state index contributed by atoms with van der Waals surface area (Å²) in [5.41, 5.74) is 8.11. The van der Waals surface area contributed by atoms with Crippen LogP contribution in [0.3, 0.4) is 0 Å². The molecule has 1 nitrogen and oxygen atoms in total. The summed E-state index contributed by atoms with van der Waals surface area (Å²) >= 11 is 0. The fourth-order valence-corrected chi connectivity index (χ4v) is 3.99. The Morgan fingerprint density at radius 3 is 2.57 bits per heavy atom. The van der Waals surface area contributed by atoms with E-state index in [1.54, 1.807) is 0 Å². The Hall–Kier alpha value is -1.34. The van der Waals surface area contributed by atoms with Crippen molar-refractivity contribution in [3.63, 3.8) is 0 Å². The summed E-state index contributed by atoms with van der Waals surface area (Å²) in [7, 11) is 0. The fraction of sp³-hybridized carbons (Fsp3) is 0.500. The van der Waals surface area contributed by atoms with Gasteiger partial charge in [-0.25, -0.2) is 0 Å². The van der Waals surface area contributed by atoms with Crippen LogP contribution < -0.4 is 5.73 Å². The van der Waals surface area contributed by atoms with Gasteiger partial charge in [-0.05, 0) is 47.4 Å². The second kappa shape index (κ2) is 5.81. The quantitative estimate of drug-likeness (QED) is 0.749. The van der Waals surface area contributed by atoms with E-state index in [9.17, 15) is 0 Å². The van der Waals surface area contributed by atoms with Gasteiger partial charge in [0.05, 0.1) is 0 Å². The summed E-state index contributed by atoms with van der Waals surface area (Å²) < 4.78 is 0. The van der Waals surface area contributed by atoms with E-state index in [0.29, 0.717) is 0 Å². The van der Waals surface area contributed by atoms with Crippen LogP contribution in [0.1, 0.15) is 51.5 Å². The number of hydrogen-bond donors (Lipinski definition) is 1. The molecule has 0 saturated heterocycles. The van der Waals surface area contributed by atoms with Gasteiger partial charge < -0.3 is 5.73 Å². The van der Waals surface area contributed by atoms with E-state index in [1.165, 1.54) is 35.6 Å². The van der Waals surface area contributed by atoms with Crippen LogP contribution >= 0.6 is 0 Å². The molecule has 0 spiro atoms. The van der Waals surface area contributed by atoms with E-state index < -0.39 is 0 Å². The standard InChI is InChI=1S/C20H27N/c1-15(2)16-9-6-13-20(21,14-12-16)19-11-5-8-17-7-3-4-10-18(17)19/h3-5,7-8,10-11,15-16H,6,9,12-14,21H2,1-2H3. The Labute approximate surface area is 128 Å². The molecule has 2 atom stereocenters. The number of rotatable bonds is 2. The Morgan fingerprint density at radius 2 is 1.76 bits per heavy atom. The van der Waals surface area contributed by atoms with Crippen molar-refractivity contribution < 1.29 is 0 Å². The van der Waals surface area contributed by atoms with E-state index >= 15 is 0 Å². The lowest BCUT2D eigenvalue weighted by Crippen LogP contribution is -2.36. The number of hydrogen-bond acceptors (Lipinski definition) is 1. The highest BCUT2D eigenvalue weighted by Gasteiger charge is 2.32. The highest BCUT2D eigenvalue weighted by molar-refractivity contribution is 5.86. The maximum absolute atomic E-state index is 6.91. The van der Waals surface area contributed by atoms with Crippen molar-refractivity contribution in [1.82, 2.24) is 0 Å². The molecule has 21 heavy (non-hydrogen) atoms. The average molecular weight is 281 g/mol. The molecule has 0 radical (unpaired) electrons. The lowest BCUT2D eigenvalue weighted by atomic mass is 9.80. The van der Waals surface area contributed by atoms with Gasteiger partial charge in [0, 0.05) is 5.54 Å². The molecule has 2 N–H and O–H groups in total. The second-order valence-corrected chi connectivity index (χ2v) is 7.12. The Morgan fingerprint density at radius 1 is 1.00 bits per heavy atom. The molecule has 0 bridgehead atoms. The first-order valence-corrected chi connectivity index (χ1v) is 8.37. The molecule has 1 fully saturated rings. The lowest BCUT2D eigenvalue weighted by Gasteiger charge is -2.30. The van der Waals surface area contributed by atoms with Crippen molar-refractivity contribution >= 4 is 10.8 Å². The summed E-state index contributed by atoms with van der Waals surface area (Å²) in [5.74, 6) is 1.62. The van der Waals surface area contributed by atoms with Crippen molar-refractivity contribution in [2.75, 3.05) is 0 Å². The monoisotopic (exact) mass is 281 g/mol. The maximum atomic E-state index is 6.91. The van der Waals surface area contributed by atoms with Gasteiger partial charge in [0.15, 0.2) is 0 Å². The topological polar surface area (TPSA) is 26.0 Å². The van der Waals surface area contributed by atoms with E-state index in [1.807, 2.05) is 0 Å². The molecular weight excluding hydrogens is 254 g/mol. The van der Waals surface area contributed by atoms with Gasteiger partial charge in [-0.2, -0.15) is 0 Å². The van der Waals surface area contributed by atoms with Crippen LogP contribution in [-0.2, 0) is 5.54 Å². The third-order valence-electron chi connectivity index (χ3n) is 5.43. The van der Waals surface area contributed by atoms with Crippen molar-refractivity contribution in [2.45, 2.75) is 51.5 Å². The normalized spacial score (nSPS) is 27.0. The van der Waals surface area contributed by atoms with E-state index in [-0.39, 0.29) is 5.54 Å². The molecule has 0 aliphatic heterocycles. The highest BCUT2D eigenvalue weighted by atomic mass is 14.7. The Kier molecular flexibility index (Phi) is 4.03. The molecule has 3 rings (SSSR count). The van der Waals surface area contributed by atoms with E-state index in [0.717, 1.165) is 24.7 Å². The Balaban J connectivity index is 1.97. The Bertz CT molecular complexity index is 611. The predicted octanol–water partition coefficient (Wildman–Crippen LogP) is 5.23. The van der Waals surface area contributed by atoms with Crippen LogP contribution in [-0.4, -0.2) is 0 Å². The molecule has 1 saturated carbocycles. The van der Waals surface area contributed by atoms with Crippen LogP contribution in [0.25, 0.3) is 10.8 Å². The summed E-state index contributed by atoms with van der Waals surface area (Å²) in [6.45, 7) is 4.71. The summed E-state index contributed by atoms with van der Waals surface area (Å²) in [6.07, 6.45) is 6.08. The smallest absolute Gasteiger partial charge is 0.0415 e. The molecule has 2 aromatic carbocycles. The van der Waals surface area contributed by atoms with Crippen molar-refractivity contribution in [1.29, 1.82) is 0 Å². The molecular formula is C20H27N. The largest absolute Gasteiger partial charge is 0.321 e. The van der Waals surface area contributed by atoms with Gasteiger partial charge in [-0.3, -0.25) is 0 Å². The zero-order chi connectivity index (χ0) is 14.9. The number of benzene rings is 2. The first kappa shape index (κ1) is 14.6. The third-order valence-corrected chi connectivity index (χ3v) is 5.43. The molecule has 1 heteroatoms. The zero-order valence-corrected chi connectivity index (χ0v) is 13.3.